The van der Waals surface area contributed by atoms with Crippen molar-refractivity contribution in [3.63, 3.8) is 0 Å². The quantitative estimate of drug-likeness (QED) is 0.460. The van der Waals surface area contributed by atoms with E-state index in [1.165, 1.54) is 31.4 Å². The van der Waals surface area contributed by atoms with Crippen molar-refractivity contribution >= 4 is 11.9 Å². The minimum atomic E-state index is -4.91. The summed E-state index contributed by atoms with van der Waals surface area (Å²) in [6.07, 6.45) is 3.09. The molecule has 1 amide bonds. The van der Waals surface area contributed by atoms with E-state index in [2.05, 4.69) is 0 Å². The largest absolute Gasteiger partial charge is 0.493 e. The number of halogens is 4. The average Bonchev–Trinajstić information content (AvgIpc) is 3.59. The molecule has 208 valence electrons. The number of ether oxygens (including phenoxy) is 2. The second-order valence-electron chi connectivity index (χ2n) is 12.5. The Hall–Kier alpha value is -2.36. The van der Waals surface area contributed by atoms with Gasteiger partial charge in [0.15, 0.2) is 5.60 Å². The third-order valence-electron chi connectivity index (χ3n) is 9.82. The summed E-state index contributed by atoms with van der Waals surface area (Å²) in [5.74, 6) is -0.932. The number of hydrogen-bond acceptors (Lipinski definition) is 4. The number of likely N-dealkylation sites (tertiary alicyclic amines) is 1. The Morgan fingerprint density at radius 3 is 2.16 bits per heavy atom. The van der Waals surface area contributed by atoms with Gasteiger partial charge in [-0.15, -0.1) is 0 Å². The third-order valence-corrected chi connectivity index (χ3v) is 9.82. The van der Waals surface area contributed by atoms with Gasteiger partial charge in [-0.1, -0.05) is 0 Å². The zero-order valence-corrected chi connectivity index (χ0v) is 21.4. The Kier molecular flexibility index (Phi) is 6.01. The molecule has 1 aliphatic heterocycles. The normalized spacial score (nSPS) is 36.1. The van der Waals surface area contributed by atoms with Crippen LogP contribution in [-0.4, -0.2) is 60.0 Å². The van der Waals surface area contributed by atoms with Gasteiger partial charge < -0.3 is 19.5 Å². The monoisotopic (exact) mass is 539 g/mol. The van der Waals surface area contributed by atoms with Crippen molar-refractivity contribution in [3.05, 3.63) is 29.1 Å². The molecule has 6 fully saturated rings. The van der Waals surface area contributed by atoms with E-state index in [1.807, 2.05) is 0 Å². The number of nitrogens with zero attached hydrogens (tertiary/aromatic N) is 1. The number of rotatable bonds is 7. The number of aliphatic carboxylic acids is 1. The van der Waals surface area contributed by atoms with E-state index in [-0.39, 0.29) is 11.3 Å². The van der Waals surface area contributed by atoms with Crippen molar-refractivity contribution in [3.8, 4) is 5.75 Å². The van der Waals surface area contributed by atoms with Crippen LogP contribution < -0.4 is 4.74 Å². The van der Waals surface area contributed by atoms with E-state index in [4.69, 9.17) is 9.47 Å². The fourth-order valence-electron chi connectivity index (χ4n) is 8.20. The summed E-state index contributed by atoms with van der Waals surface area (Å²) in [5, 5.41) is 9.60. The van der Waals surface area contributed by atoms with Crippen molar-refractivity contribution in [1.29, 1.82) is 0 Å². The third kappa shape index (κ3) is 4.27. The van der Waals surface area contributed by atoms with Crippen molar-refractivity contribution in [1.82, 2.24) is 4.90 Å². The minimum Gasteiger partial charge on any atom is -0.493 e. The van der Waals surface area contributed by atoms with Crippen molar-refractivity contribution in [2.24, 2.45) is 23.2 Å². The first-order valence-corrected chi connectivity index (χ1v) is 13.5. The number of benzene rings is 1. The molecule has 5 aliphatic carbocycles. The van der Waals surface area contributed by atoms with Gasteiger partial charge in [-0.05, 0) is 86.7 Å². The molecule has 0 spiro atoms. The van der Waals surface area contributed by atoms with Crippen LogP contribution in [0, 0.1) is 29.0 Å². The average molecular weight is 540 g/mol. The molecular weight excluding hydrogens is 506 g/mol. The summed E-state index contributed by atoms with van der Waals surface area (Å²) in [6, 6.07) is 0.740. The molecule has 1 heterocycles. The maximum Gasteiger partial charge on any atom is 0.419 e. The highest BCUT2D eigenvalue weighted by Gasteiger charge is 2.64. The first-order chi connectivity index (χ1) is 17.9. The Morgan fingerprint density at radius 2 is 1.66 bits per heavy atom. The molecular formula is C28H33F4NO5. The van der Waals surface area contributed by atoms with Crippen LogP contribution in [0.15, 0.2) is 12.1 Å². The van der Waals surface area contributed by atoms with E-state index in [0.29, 0.717) is 22.8 Å². The minimum absolute atomic E-state index is 0.0793. The molecule has 6 aliphatic rings. The lowest BCUT2D eigenvalue weighted by atomic mass is 9.50. The maximum absolute atomic E-state index is 15.4. The maximum atomic E-state index is 15.4. The number of amides is 1. The number of methoxy groups -OCH3 is 1. The van der Waals surface area contributed by atoms with Gasteiger partial charge in [0.25, 0.3) is 5.91 Å². The van der Waals surface area contributed by atoms with Crippen LogP contribution in [0.4, 0.5) is 17.6 Å². The highest BCUT2D eigenvalue weighted by molar-refractivity contribution is 5.98. The van der Waals surface area contributed by atoms with Crippen molar-refractivity contribution in [2.75, 3.05) is 20.3 Å². The highest BCUT2D eigenvalue weighted by atomic mass is 19.4. The Labute approximate surface area is 218 Å². The van der Waals surface area contributed by atoms with Gasteiger partial charge in [-0.25, -0.2) is 9.18 Å². The van der Waals surface area contributed by atoms with E-state index < -0.39 is 54.0 Å². The topological polar surface area (TPSA) is 76.1 Å². The van der Waals surface area contributed by atoms with E-state index in [1.54, 1.807) is 0 Å². The summed E-state index contributed by atoms with van der Waals surface area (Å²) in [6.45, 7) is -0.524. The molecule has 38 heavy (non-hydrogen) atoms. The fourth-order valence-corrected chi connectivity index (χ4v) is 8.20. The van der Waals surface area contributed by atoms with Gasteiger partial charge in [-0.3, -0.25) is 4.79 Å². The molecule has 2 atom stereocenters. The summed E-state index contributed by atoms with van der Waals surface area (Å²) in [5.41, 5.74) is -2.50. The molecule has 10 heteroatoms. The predicted molar refractivity (Wildman–Crippen MR) is 127 cm³/mol. The summed E-state index contributed by atoms with van der Waals surface area (Å²) < 4.78 is 67.8. The van der Waals surface area contributed by atoms with Crippen LogP contribution in [0.2, 0.25) is 0 Å². The second-order valence-corrected chi connectivity index (χ2v) is 12.5. The van der Waals surface area contributed by atoms with Gasteiger partial charge in [0.2, 0.25) is 0 Å². The van der Waals surface area contributed by atoms with Gasteiger partial charge in [-0.2, -0.15) is 13.2 Å². The first kappa shape index (κ1) is 25.9. The summed E-state index contributed by atoms with van der Waals surface area (Å²) in [4.78, 5) is 25.8. The van der Waals surface area contributed by atoms with E-state index in [0.717, 1.165) is 57.0 Å². The molecule has 1 aromatic carbocycles. The van der Waals surface area contributed by atoms with Crippen molar-refractivity contribution < 1.29 is 41.7 Å². The SMILES string of the molecule is COC1(C(F)(F)F)C[C@@H](C(=O)O)N(C(=O)c2cc(C3CC3)c(OCC34CC5CC(CC(C5)C3)C4)cc2F)C1. The molecule has 0 aromatic heterocycles. The highest BCUT2D eigenvalue weighted by Crippen LogP contribution is 2.60. The lowest BCUT2D eigenvalue weighted by molar-refractivity contribution is -0.263. The number of carboxylic acids is 1. The second kappa shape index (κ2) is 8.83. The number of carboxylic acid groups (broad SMARTS) is 1. The predicted octanol–water partition coefficient (Wildman–Crippen LogP) is 5.54. The first-order valence-electron chi connectivity index (χ1n) is 13.5. The lowest BCUT2D eigenvalue weighted by Gasteiger charge is -2.56. The zero-order chi connectivity index (χ0) is 27.0. The molecule has 1 saturated heterocycles. The summed E-state index contributed by atoms with van der Waals surface area (Å²) >= 11 is 0. The van der Waals surface area contributed by atoms with Gasteiger partial charge in [0, 0.05) is 25.0 Å². The van der Waals surface area contributed by atoms with Crippen LogP contribution in [0.3, 0.4) is 0 Å². The molecule has 6 nitrogen and oxygen atoms in total. The molecule has 7 rings (SSSR count). The number of carbonyl (C=O) groups is 2. The molecule has 1 aromatic rings. The zero-order valence-electron chi connectivity index (χ0n) is 21.4. The Morgan fingerprint density at radius 1 is 1.05 bits per heavy atom. The van der Waals surface area contributed by atoms with E-state index >= 15 is 4.39 Å². The van der Waals surface area contributed by atoms with Crippen LogP contribution >= 0.6 is 0 Å². The molecule has 1 unspecified atom stereocenters. The number of hydrogen-bond donors (Lipinski definition) is 1. The van der Waals surface area contributed by atoms with Crippen molar-refractivity contribution in [2.45, 2.75) is 81.5 Å². The van der Waals surface area contributed by atoms with Crippen LogP contribution in [-0.2, 0) is 9.53 Å². The molecule has 0 radical (unpaired) electrons. The van der Waals surface area contributed by atoms with Crippen LogP contribution in [0.5, 0.6) is 5.75 Å². The smallest absolute Gasteiger partial charge is 0.419 e. The van der Waals surface area contributed by atoms with Gasteiger partial charge in [0.1, 0.15) is 17.6 Å². The van der Waals surface area contributed by atoms with Gasteiger partial charge >= 0.3 is 12.1 Å². The van der Waals surface area contributed by atoms with Gasteiger partial charge in [0.05, 0.1) is 18.7 Å². The molecule has 1 N–H and O–H groups in total. The van der Waals surface area contributed by atoms with Crippen LogP contribution in [0.25, 0.3) is 0 Å². The molecule has 5 saturated carbocycles. The number of carbonyl (C=O) groups excluding carboxylic acids is 1. The lowest BCUT2D eigenvalue weighted by Crippen LogP contribution is -2.49. The van der Waals surface area contributed by atoms with E-state index in [9.17, 15) is 27.9 Å². The van der Waals surface area contributed by atoms with Crippen LogP contribution in [0.1, 0.15) is 79.6 Å². The molecule has 4 bridgehead atoms. The Bertz CT molecular complexity index is 1110. The summed E-state index contributed by atoms with van der Waals surface area (Å²) in [7, 11) is 0.835. The Balaban J connectivity index is 1.26. The standard InChI is InChI=1S/C28H33F4NO5/c1-37-27(28(30,31)32)12-22(25(35)36)33(13-27)24(34)20-7-19(18-2-3-18)23(8-21(20)29)38-14-26-9-15-4-16(10-26)6-17(5-15)11-26/h7-8,15-18,22H,2-6,9-14H2,1H3,(H,35,36)/t15?,16?,17?,22-,26?,27?/m0/s1. The fraction of sp³-hybridized carbons (Fsp3) is 0.714. The number of alkyl halides is 3.